The van der Waals surface area contributed by atoms with Crippen LogP contribution in [-0.2, 0) is 30.6 Å². The molecule has 19 heteroatoms. The Morgan fingerprint density at radius 3 is 2.47 bits per heavy atom. The third kappa shape index (κ3) is 8.09. The number of rotatable bonds is 6. The maximum absolute atomic E-state index is 16.9. The van der Waals surface area contributed by atoms with E-state index in [0.29, 0.717) is 38.5 Å². The summed E-state index contributed by atoms with van der Waals surface area (Å²) in [6.45, 7) is 6.14. The molecule has 3 aliphatic heterocycles. The number of amides is 4. The van der Waals surface area contributed by atoms with Crippen LogP contribution < -0.4 is 19.5 Å². The zero-order valence-corrected chi connectivity index (χ0v) is 35.0. The first kappa shape index (κ1) is 43.4. The Morgan fingerprint density at radius 1 is 1.12 bits per heavy atom. The van der Waals surface area contributed by atoms with E-state index in [4.69, 9.17) is 9.47 Å². The van der Waals surface area contributed by atoms with Crippen LogP contribution in [0.4, 0.5) is 22.4 Å². The van der Waals surface area contributed by atoms with Crippen molar-refractivity contribution in [1.82, 2.24) is 24.8 Å². The molecule has 6 atom stereocenters. The first-order valence-corrected chi connectivity index (χ1v) is 21.7. The van der Waals surface area contributed by atoms with Gasteiger partial charge in [0.05, 0.1) is 23.9 Å². The van der Waals surface area contributed by atoms with E-state index in [0.717, 1.165) is 9.80 Å². The van der Waals surface area contributed by atoms with Crippen molar-refractivity contribution < 1.29 is 59.7 Å². The highest BCUT2D eigenvalue weighted by atomic mass is 32.2. The largest absolute Gasteiger partial charge is 0.497 e. The lowest BCUT2D eigenvalue weighted by Crippen LogP contribution is -2.59. The Labute approximate surface area is 345 Å². The molecule has 328 valence electrons. The number of halogens is 4. The predicted molar refractivity (Wildman–Crippen MR) is 209 cm³/mol. The average molecular weight is 866 g/mol. The Morgan fingerprint density at radius 2 is 1.83 bits per heavy atom. The Bertz CT molecular complexity index is 2240. The molecule has 5 aliphatic rings. The fraction of sp³-hybridized carbons (Fsp3) is 0.634. The molecule has 3 N–H and O–H groups in total. The number of alkyl halides is 4. The SMILES string of the molecule is COc1ccc2nc(C(F)(F)F)c3c(c2c1)[C@H](F)C[C@]1(C[C@H]2C(=O)N[C@]4(C(=O)NS(=O)(=O)C5(C)CC5)C[C@H]4/C=C\CCCCC[C@H](N(CC(C)(C)C)C(=O)O)C(=O)N2C1)O3. The highest BCUT2D eigenvalue weighted by Gasteiger charge is 2.64. The lowest BCUT2D eigenvalue weighted by Gasteiger charge is -2.39. The number of nitrogens with zero attached hydrogens (tertiary/aromatic N) is 3. The van der Waals surface area contributed by atoms with Gasteiger partial charge in [-0.1, -0.05) is 45.8 Å². The van der Waals surface area contributed by atoms with Crippen LogP contribution in [0, 0.1) is 11.3 Å². The lowest BCUT2D eigenvalue weighted by molar-refractivity contribution is -0.145. The monoisotopic (exact) mass is 865 g/mol. The van der Waals surface area contributed by atoms with Crippen LogP contribution in [0.3, 0.4) is 0 Å². The van der Waals surface area contributed by atoms with Gasteiger partial charge in [0.15, 0.2) is 11.4 Å². The number of carbonyl (C=O) groups is 4. The number of pyridine rings is 1. The van der Waals surface area contributed by atoms with Crippen molar-refractivity contribution in [3.05, 3.63) is 41.6 Å². The maximum atomic E-state index is 16.9. The van der Waals surface area contributed by atoms with Crippen molar-refractivity contribution in [1.29, 1.82) is 0 Å². The zero-order valence-electron chi connectivity index (χ0n) is 34.2. The van der Waals surface area contributed by atoms with Crippen LogP contribution in [0.2, 0.25) is 0 Å². The Hall–Kier alpha value is -4.68. The van der Waals surface area contributed by atoms with Crippen LogP contribution in [0.1, 0.15) is 109 Å². The number of hydrogen-bond donors (Lipinski definition) is 3. The van der Waals surface area contributed by atoms with Gasteiger partial charge >= 0.3 is 12.3 Å². The van der Waals surface area contributed by atoms with Crippen LogP contribution in [-0.4, -0.2) is 100 Å². The number of carbonyl (C=O) groups excluding carboxylic acids is 3. The summed E-state index contributed by atoms with van der Waals surface area (Å²) in [5.74, 6) is -4.12. The first-order valence-electron chi connectivity index (χ1n) is 20.2. The van der Waals surface area contributed by atoms with Crippen LogP contribution in [0.15, 0.2) is 30.4 Å². The standard InChI is InChI=1S/C41H51F4N5O9S/c1-37(2,3)21-50(36(54)55)28-12-10-8-6-7-9-11-23-18-40(23,35(53)48-60(56,57)38(4)15-16-38)47-33(51)29-20-39(22-49(29)34(28)52)19-26(42)30-25-17-24(58-5)13-14-27(25)46-32(31(30)59-39)41(43,44)45/h9,11,13-14,17,23,26,28-29H,6-8,10,12,15-16,18-22H2,1-5H3,(H,47,51)(H,48,53)(H,54,55)/b11-9-/t23-,26-,28+,29+,39-,40-/m1/s1. The van der Waals surface area contributed by atoms with Crippen molar-refractivity contribution in [2.75, 3.05) is 20.2 Å². The highest BCUT2D eigenvalue weighted by Crippen LogP contribution is 2.54. The second-order valence-electron chi connectivity index (χ2n) is 18.4. The molecule has 14 nitrogen and oxygen atoms in total. The predicted octanol–water partition coefficient (Wildman–Crippen LogP) is 6.18. The van der Waals surface area contributed by atoms with Crippen molar-refractivity contribution in [3.63, 3.8) is 0 Å². The third-order valence-corrected chi connectivity index (χ3v) is 14.6. The number of hydrogen-bond acceptors (Lipinski definition) is 9. The molecular weight excluding hydrogens is 815 g/mol. The van der Waals surface area contributed by atoms with Gasteiger partial charge < -0.3 is 24.8 Å². The minimum Gasteiger partial charge on any atom is -0.497 e. The van der Waals surface area contributed by atoms with Crippen molar-refractivity contribution >= 4 is 44.7 Å². The van der Waals surface area contributed by atoms with Crippen LogP contribution in [0.5, 0.6) is 11.5 Å². The van der Waals surface area contributed by atoms with Crippen LogP contribution in [0.25, 0.3) is 10.9 Å². The summed E-state index contributed by atoms with van der Waals surface area (Å²) < 4.78 is 100. The fourth-order valence-corrected chi connectivity index (χ4v) is 10.1. The van der Waals surface area contributed by atoms with Gasteiger partial charge in [0.2, 0.25) is 21.8 Å². The van der Waals surface area contributed by atoms with Gasteiger partial charge in [-0.05, 0) is 69.1 Å². The summed E-state index contributed by atoms with van der Waals surface area (Å²) in [5, 5.41) is 13.2. The van der Waals surface area contributed by atoms with E-state index < -0.39 is 122 Å². The van der Waals surface area contributed by atoms with E-state index in [2.05, 4.69) is 15.0 Å². The minimum absolute atomic E-state index is 0.00763. The second kappa shape index (κ2) is 15.0. The van der Waals surface area contributed by atoms with E-state index in [1.807, 2.05) is 6.08 Å². The molecule has 1 aromatic heterocycles. The minimum atomic E-state index is -5.13. The van der Waals surface area contributed by atoms with Gasteiger partial charge in [0.1, 0.15) is 35.1 Å². The fourth-order valence-electron chi connectivity index (χ4n) is 8.83. The molecule has 0 bridgehead atoms. The molecule has 2 aliphatic carbocycles. The molecule has 4 heterocycles. The summed E-state index contributed by atoms with van der Waals surface area (Å²) in [6.07, 6.45) is -3.40. The number of aromatic nitrogens is 1. The van der Waals surface area contributed by atoms with Gasteiger partial charge in [-0.25, -0.2) is 22.6 Å². The summed E-state index contributed by atoms with van der Waals surface area (Å²) in [7, 11) is -2.82. The van der Waals surface area contributed by atoms with Gasteiger partial charge in [-0.3, -0.25) is 24.0 Å². The molecule has 1 spiro atoms. The molecule has 4 amide bonds. The number of methoxy groups -OCH3 is 1. The second-order valence-corrected chi connectivity index (χ2v) is 20.6. The van der Waals surface area contributed by atoms with E-state index in [9.17, 15) is 45.9 Å². The molecule has 7 rings (SSSR count). The normalized spacial score (nSPS) is 29.8. The summed E-state index contributed by atoms with van der Waals surface area (Å²) in [5.41, 5.74) is -6.47. The summed E-state index contributed by atoms with van der Waals surface area (Å²) in [4.78, 5) is 62.4. The van der Waals surface area contributed by atoms with E-state index in [1.54, 1.807) is 26.8 Å². The molecule has 1 aromatic carbocycles. The molecule has 2 aromatic rings. The van der Waals surface area contributed by atoms with E-state index >= 15 is 4.39 Å². The molecule has 3 fully saturated rings. The smallest absolute Gasteiger partial charge is 0.437 e. The number of carboxylic acid groups (broad SMARTS) is 1. The lowest BCUT2D eigenvalue weighted by atomic mass is 9.85. The highest BCUT2D eigenvalue weighted by molar-refractivity contribution is 7.91. The average Bonchev–Trinajstić information content (AvgIpc) is 4.04. The van der Waals surface area contributed by atoms with Crippen molar-refractivity contribution in [2.45, 2.75) is 132 Å². The van der Waals surface area contributed by atoms with Gasteiger partial charge in [0.25, 0.3) is 5.91 Å². The number of ether oxygens (including phenoxy) is 2. The molecule has 2 saturated carbocycles. The van der Waals surface area contributed by atoms with Crippen molar-refractivity contribution in [3.8, 4) is 11.5 Å². The number of benzene rings is 1. The first-order chi connectivity index (χ1) is 27.9. The zero-order chi connectivity index (χ0) is 43.8. The molecule has 1 saturated heterocycles. The van der Waals surface area contributed by atoms with Gasteiger partial charge in [-0.2, -0.15) is 13.2 Å². The van der Waals surface area contributed by atoms with E-state index in [-0.39, 0.29) is 36.0 Å². The summed E-state index contributed by atoms with van der Waals surface area (Å²) >= 11 is 0. The number of nitrogens with one attached hydrogen (secondary N) is 2. The van der Waals surface area contributed by atoms with Crippen LogP contribution >= 0.6 is 0 Å². The molecular formula is C41H51F4N5O9S. The molecule has 0 unspecified atom stereocenters. The van der Waals surface area contributed by atoms with Crippen molar-refractivity contribution in [2.24, 2.45) is 11.3 Å². The Kier molecular flexibility index (Phi) is 10.9. The molecule has 0 radical (unpaired) electrons. The van der Waals surface area contributed by atoms with Gasteiger partial charge in [-0.15, -0.1) is 0 Å². The number of sulfonamides is 1. The number of allylic oxidation sites excluding steroid dienone is 1. The maximum Gasteiger partial charge on any atom is 0.437 e. The third-order valence-electron chi connectivity index (χ3n) is 12.5. The summed E-state index contributed by atoms with van der Waals surface area (Å²) in [6, 6.07) is 1.03. The topological polar surface area (TPSA) is 185 Å². The number of fused-ring (bicyclic) bond motifs is 5. The van der Waals surface area contributed by atoms with E-state index in [1.165, 1.54) is 32.2 Å². The molecule has 60 heavy (non-hydrogen) atoms. The Balaban J connectivity index is 1.33. The van der Waals surface area contributed by atoms with Gasteiger partial charge in [0, 0.05) is 36.3 Å². The quantitative estimate of drug-likeness (QED) is 0.224.